The lowest BCUT2D eigenvalue weighted by molar-refractivity contribution is 0.405. The monoisotopic (exact) mass is 311 g/mol. The van der Waals surface area contributed by atoms with Gasteiger partial charge in [0.2, 0.25) is 5.95 Å². The van der Waals surface area contributed by atoms with E-state index in [0.29, 0.717) is 12.5 Å². The summed E-state index contributed by atoms with van der Waals surface area (Å²) in [4.78, 5) is 11.3. The molecule has 0 unspecified atom stereocenters. The number of hydrogen-bond acceptors (Lipinski definition) is 5. The number of anilines is 2. The Morgan fingerprint density at radius 2 is 1.91 bits per heavy atom. The van der Waals surface area contributed by atoms with Crippen LogP contribution in [0.5, 0.6) is 0 Å². The molecule has 0 saturated heterocycles. The summed E-state index contributed by atoms with van der Waals surface area (Å²) in [6, 6.07) is 12.1. The number of nitrogens with zero attached hydrogens (tertiary/aromatic N) is 3. The van der Waals surface area contributed by atoms with Crippen molar-refractivity contribution in [2.45, 2.75) is 6.42 Å². The van der Waals surface area contributed by atoms with E-state index in [0.717, 1.165) is 36.6 Å². The number of nitrogens with one attached hydrogen (secondary N) is 2. The van der Waals surface area contributed by atoms with Gasteiger partial charge in [0.25, 0.3) is 0 Å². The minimum Gasteiger partial charge on any atom is -0.366 e. The van der Waals surface area contributed by atoms with Crippen molar-refractivity contribution >= 4 is 11.8 Å². The lowest BCUT2D eigenvalue weighted by atomic mass is 10.1. The lowest BCUT2D eigenvalue weighted by Crippen LogP contribution is -2.17. The quantitative estimate of drug-likeness (QED) is 0.550. The van der Waals surface area contributed by atoms with Crippen LogP contribution in [0.4, 0.5) is 11.8 Å². The zero-order chi connectivity index (χ0) is 16.5. The Hall–Kier alpha value is -2.40. The maximum Gasteiger partial charge on any atom is 0.225 e. The normalized spacial score (nSPS) is 10.6. The van der Waals surface area contributed by atoms with Crippen molar-refractivity contribution < 1.29 is 0 Å². The fourth-order valence-electron chi connectivity index (χ4n) is 2.15. The van der Waals surface area contributed by atoms with Gasteiger partial charge < -0.3 is 15.5 Å². The van der Waals surface area contributed by atoms with Crippen LogP contribution in [-0.2, 0) is 0 Å². The van der Waals surface area contributed by atoms with E-state index in [9.17, 15) is 0 Å². The van der Waals surface area contributed by atoms with Crippen LogP contribution in [0.2, 0.25) is 0 Å². The second kappa shape index (κ2) is 8.90. The zero-order valence-electron chi connectivity index (χ0n) is 13.9. The molecule has 0 radical (unpaired) electrons. The minimum absolute atomic E-state index is 0.650. The zero-order valence-corrected chi connectivity index (χ0v) is 13.9. The fraction of sp³-hybridized carbons (Fsp3) is 0.333. The summed E-state index contributed by atoms with van der Waals surface area (Å²) in [5, 5.41) is 6.55. The molecule has 23 heavy (non-hydrogen) atoms. The van der Waals surface area contributed by atoms with Crippen molar-refractivity contribution in [2.24, 2.45) is 0 Å². The van der Waals surface area contributed by atoms with Gasteiger partial charge >= 0.3 is 0 Å². The first-order chi connectivity index (χ1) is 11.2. The first-order valence-corrected chi connectivity index (χ1v) is 7.87. The molecule has 2 N–H and O–H groups in total. The van der Waals surface area contributed by atoms with E-state index in [1.54, 1.807) is 0 Å². The van der Waals surface area contributed by atoms with Crippen LogP contribution in [0, 0.1) is 0 Å². The highest BCUT2D eigenvalue weighted by molar-refractivity contribution is 5.64. The molecule has 2 rings (SSSR count). The molecule has 0 amide bonds. The predicted octanol–water partition coefficient (Wildman–Crippen LogP) is 3.11. The van der Waals surface area contributed by atoms with Crippen LogP contribution >= 0.6 is 0 Å². The Kier molecular flexibility index (Phi) is 6.56. The van der Waals surface area contributed by atoms with E-state index < -0.39 is 0 Å². The molecule has 0 fully saturated rings. The van der Waals surface area contributed by atoms with E-state index >= 15 is 0 Å². The van der Waals surface area contributed by atoms with Gasteiger partial charge in [0.1, 0.15) is 5.82 Å². The molecule has 5 nitrogen and oxygen atoms in total. The van der Waals surface area contributed by atoms with Crippen LogP contribution in [0.3, 0.4) is 0 Å². The molecule has 5 heteroatoms. The van der Waals surface area contributed by atoms with Crippen LogP contribution in [0.15, 0.2) is 49.1 Å². The van der Waals surface area contributed by atoms with Gasteiger partial charge in [-0.05, 0) is 27.1 Å². The Morgan fingerprint density at radius 1 is 1.13 bits per heavy atom. The topological polar surface area (TPSA) is 53.1 Å². The molecule has 122 valence electrons. The van der Waals surface area contributed by atoms with Crippen molar-refractivity contribution in [1.82, 2.24) is 14.9 Å². The number of benzene rings is 1. The van der Waals surface area contributed by atoms with E-state index in [4.69, 9.17) is 0 Å². The third-order valence-electron chi connectivity index (χ3n) is 3.29. The van der Waals surface area contributed by atoms with Crippen molar-refractivity contribution in [3.8, 4) is 11.3 Å². The summed E-state index contributed by atoms with van der Waals surface area (Å²) in [5.74, 6) is 1.45. The minimum atomic E-state index is 0.650. The van der Waals surface area contributed by atoms with E-state index in [1.165, 1.54) is 0 Å². The molecule has 2 aromatic rings. The fourth-order valence-corrected chi connectivity index (χ4v) is 2.15. The summed E-state index contributed by atoms with van der Waals surface area (Å²) < 4.78 is 0. The first-order valence-electron chi connectivity index (χ1n) is 7.87. The third kappa shape index (κ3) is 5.71. The third-order valence-corrected chi connectivity index (χ3v) is 3.29. The first kappa shape index (κ1) is 17.0. The highest BCUT2D eigenvalue weighted by Gasteiger charge is 2.06. The van der Waals surface area contributed by atoms with E-state index in [-0.39, 0.29) is 0 Å². The molecular weight excluding hydrogens is 286 g/mol. The van der Waals surface area contributed by atoms with Gasteiger partial charge in [-0.2, -0.15) is 4.98 Å². The maximum absolute atomic E-state index is 4.63. The Bertz CT molecular complexity index is 610. The van der Waals surface area contributed by atoms with Gasteiger partial charge in [0.15, 0.2) is 0 Å². The molecule has 1 heterocycles. The predicted molar refractivity (Wildman–Crippen MR) is 97.8 cm³/mol. The van der Waals surface area contributed by atoms with Crippen molar-refractivity contribution in [1.29, 1.82) is 0 Å². The van der Waals surface area contributed by atoms with Gasteiger partial charge in [-0.3, -0.25) is 0 Å². The highest BCUT2D eigenvalue weighted by Crippen LogP contribution is 2.21. The molecule has 0 bridgehead atoms. The van der Waals surface area contributed by atoms with Gasteiger partial charge in [0.05, 0.1) is 5.69 Å². The second-order valence-electron chi connectivity index (χ2n) is 5.58. The van der Waals surface area contributed by atoms with Crippen molar-refractivity contribution in [3.63, 3.8) is 0 Å². The van der Waals surface area contributed by atoms with Crippen LogP contribution in [-0.4, -0.2) is 48.6 Å². The highest BCUT2D eigenvalue weighted by atomic mass is 15.1. The lowest BCUT2D eigenvalue weighted by Gasteiger charge is -2.12. The second-order valence-corrected chi connectivity index (χ2v) is 5.58. The smallest absolute Gasteiger partial charge is 0.225 e. The molecule has 0 saturated carbocycles. The van der Waals surface area contributed by atoms with Gasteiger partial charge in [0, 0.05) is 24.7 Å². The molecule has 0 aliphatic heterocycles. The SMILES string of the molecule is C=CCNc1cc(-c2ccccc2)nc(NCCCN(C)C)n1. The summed E-state index contributed by atoms with van der Waals surface area (Å²) in [5.41, 5.74) is 1.98. The van der Waals surface area contributed by atoms with Crippen LogP contribution in [0.25, 0.3) is 11.3 Å². The molecule has 0 aliphatic rings. The summed E-state index contributed by atoms with van der Waals surface area (Å²) in [6.45, 7) is 6.28. The van der Waals surface area contributed by atoms with Gasteiger partial charge in [-0.25, -0.2) is 4.98 Å². The number of rotatable bonds is 9. The summed E-state index contributed by atoms with van der Waals surface area (Å²) in [6.07, 6.45) is 2.86. The summed E-state index contributed by atoms with van der Waals surface area (Å²) >= 11 is 0. The maximum atomic E-state index is 4.63. The Balaban J connectivity index is 2.14. The van der Waals surface area contributed by atoms with Gasteiger partial charge in [-0.1, -0.05) is 36.4 Å². The van der Waals surface area contributed by atoms with E-state index in [2.05, 4.69) is 58.3 Å². The van der Waals surface area contributed by atoms with Gasteiger partial charge in [-0.15, -0.1) is 6.58 Å². The number of hydrogen-bond donors (Lipinski definition) is 2. The molecule has 0 aliphatic carbocycles. The van der Waals surface area contributed by atoms with E-state index in [1.807, 2.05) is 30.3 Å². The van der Waals surface area contributed by atoms with Crippen LogP contribution in [0.1, 0.15) is 6.42 Å². The largest absolute Gasteiger partial charge is 0.366 e. The standard InChI is InChI=1S/C18H25N5/c1-4-11-19-17-14-16(15-9-6-5-7-10-15)21-18(22-17)20-12-8-13-23(2)3/h4-7,9-10,14H,1,8,11-13H2,2-3H3,(H2,19,20,21,22). The van der Waals surface area contributed by atoms with Crippen molar-refractivity contribution in [2.75, 3.05) is 44.4 Å². The van der Waals surface area contributed by atoms with Crippen molar-refractivity contribution in [3.05, 3.63) is 49.1 Å². The molecule has 0 atom stereocenters. The Labute approximate surface area is 138 Å². The average molecular weight is 311 g/mol. The molecule has 0 spiro atoms. The summed E-state index contributed by atoms with van der Waals surface area (Å²) in [7, 11) is 4.15. The molecular formula is C18H25N5. The van der Waals surface area contributed by atoms with Crippen LogP contribution < -0.4 is 10.6 Å². The Morgan fingerprint density at radius 3 is 2.61 bits per heavy atom. The average Bonchev–Trinajstić information content (AvgIpc) is 2.57. The molecule has 1 aromatic carbocycles. The molecule has 1 aromatic heterocycles. The number of aromatic nitrogens is 2.